The van der Waals surface area contributed by atoms with Gasteiger partial charge in [-0.3, -0.25) is 0 Å². The zero-order chi connectivity index (χ0) is 17.6. The Balaban J connectivity index is 0.000000472. The van der Waals surface area contributed by atoms with E-state index in [0.29, 0.717) is 6.42 Å². The Morgan fingerprint density at radius 2 is 1.41 bits per heavy atom. The van der Waals surface area contributed by atoms with Crippen molar-refractivity contribution in [3.05, 3.63) is 29.8 Å². The maximum atomic E-state index is 11.0. The summed E-state index contributed by atoms with van der Waals surface area (Å²) in [4.78, 5) is 0.146. The van der Waals surface area contributed by atoms with Gasteiger partial charge in [-0.2, -0.15) is 0 Å². The van der Waals surface area contributed by atoms with Crippen LogP contribution in [0.3, 0.4) is 0 Å². The number of rotatable bonds is 4. The molecule has 0 heterocycles. The van der Waals surface area contributed by atoms with Crippen LogP contribution in [0.1, 0.15) is 46.1 Å². The molecule has 0 radical (unpaired) electrons. The third kappa shape index (κ3) is 9.66. The molecular formula is C14H22Cl2O4S2. The van der Waals surface area contributed by atoms with Crippen LogP contribution in [-0.4, -0.2) is 22.6 Å². The minimum absolute atomic E-state index is 0.0224. The van der Waals surface area contributed by atoms with Crippen LogP contribution >= 0.6 is 21.4 Å². The van der Waals surface area contributed by atoms with Gasteiger partial charge in [0.25, 0.3) is 9.05 Å². The minimum atomic E-state index is -3.59. The molecule has 1 rings (SSSR count). The zero-order valence-corrected chi connectivity index (χ0v) is 16.3. The third-order valence-electron chi connectivity index (χ3n) is 2.74. The number of hydrogen-bond donors (Lipinski definition) is 0. The highest BCUT2D eigenvalue weighted by atomic mass is 35.7. The summed E-state index contributed by atoms with van der Waals surface area (Å²) in [5.74, 6) is 0.102. The Kier molecular flexibility index (Phi) is 8.41. The first-order chi connectivity index (χ1) is 9.77. The van der Waals surface area contributed by atoms with Crippen molar-refractivity contribution in [2.45, 2.75) is 50.8 Å². The second-order valence-corrected chi connectivity index (χ2v) is 11.3. The van der Waals surface area contributed by atoms with Crippen molar-refractivity contribution in [2.24, 2.45) is 0 Å². The van der Waals surface area contributed by atoms with Gasteiger partial charge < -0.3 is 0 Å². The van der Waals surface area contributed by atoms with Gasteiger partial charge in [0, 0.05) is 21.4 Å². The molecule has 0 aliphatic rings. The van der Waals surface area contributed by atoms with E-state index in [1.807, 2.05) is 6.92 Å². The van der Waals surface area contributed by atoms with E-state index in [1.54, 1.807) is 12.1 Å². The summed E-state index contributed by atoms with van der Waals surface area (Å²) < 4.78 is 42.2. The molecular weight excluding hydrogens is 367 g/mol. The fourth-order valence-corrected chi connectivity index (χ4v) is 3.16. The van der Waals surface area contributed by atoms with Gasteiger partial charge in [0.05, 0.1) is 10.6 Å². The second-order valence-electron chi connectivity index (χ2n) is 5.81. The van der Waals surface area contributed by atoms with Gasteiger partial charge in [0.15, 0.2) is 0 Å². The first-order valence-electron chi connectivity index (χ1n) is 6.75. The molecule has 0 spiro atoms. The fraction of sp³-hybridized carbons (Fsp3) is 0.571. The molecule has 1 aromatic carbocycles. The lowest BCUT2D eigenvalue weighted by Crippen LogP contribution is -2.10. The van der Waals surface area contributed by atoms with Crippen molar-refractivity contribution in [3.63, 3.8) is 0 Å². The van der Waals surface area contributed by atoms with E-state index < -0.39 is 18.1 Å². The van der Waals surface area contributed by atoms with Crippen molar-refractivity contribution < 1.29 is 16.8 Å². The highest BCUT2D eigenvalue weighted by Crippen LogP contribution is 2.24. The van der Waals surface area contributed by atoms with Gasteiger partial charge in [-0.05, 0) is 29.5 Å². The molecule has 0 amide bonds. The molecule has 0 N–H and O–H groups in total. The third-order valence-corrected chi connectivity index (χ3v) is 5.35. The van der Waals surface area contributed by atoms with E-state index in [0.717, 1.165) is 12.0 Å². The summed E-state index contributed by atoms with van der Waals surface area (Å²) in [6, 6.07) is 6.64. The molecule has 0 aliphatic carbocycles. The van der Waals surface area contributed by atoms with Gasteiger partial charge in [-0.25, -0.2) is 16.8 Å². The summed E-state index contributed by atoms with van der Waals surface area (Å²) in [6.07, 6.45) is 1.53. The molecule has 0 aromatic heterocycles. The molecule has 0 fully saturated rings. The summed E-state index contributed by atoms with van der Waals surface area (Å²) in [5, 5.41) is 0. The van der Waals surface area contributed by atoms with Crippen molar-refractivity contribution >= 4 is 39.5 Å². The molecule has 0 unspecified atom stereocenters. The van der Waals surface area contributed by atoms with E-state index in [2.05, 4.69) is 20.8 Å². The van der Waals surface area contributed by atoms with Crippen LogP contribution < -0.4 is 0 Å². The molecule has 0 saturated heterocycles. The molecule has 8 heteroatoms. The standard InChI is InChI=1S/C10H13ClO2S.C4H9ClO2S/c1-10(2,3)8-4-6-9(7-5-8)14(11,12)13;1-2-3-4-8(5,6)7/h4-7H,1-3H3;2-4H2,1H3. The molecule has 4 nitrogen and oxygen atoms in total. The van der Waals surface area contributed by atoms with Crippen LogP contribution in [0.15, 0.2) is 29.2 Å². The van der Waals surface area contributed by atoms with Crippen LogP contribution in [0.4, 0.5) is 0 Å². The lowest BCUT2D eigenvalue weighted by atomic mass is 9.87. The lowest BCUT2D eigenvalue weighted by Gasteiger charge is -2.18. The van der Waals surface area contributed by atoms with Crippen molar-refractivity contribution in [2.75, 3.05) is 5.75 Å². The van der Waals surface area contributed by atoms with E-state index in [4.69, 9.17) is 21.4 Å². The maximum Gasteiger partial charge on any atom is 0.261 e. The van der Waals surface area contributed by atoms with Gasteiger partial charge >= 0.3 is 0 Å². The maximum absolute atomic E-state index is 11.0. The van der Waals surface area contributed by atoms with Crippen LogP contribution in [0, 0.1) is 0 Å². The van der Waals surface area contributed by atoms with Crippen molar-refractivity contribution in [1.29, 1.82) is 0 Å². The van der Waals surface area contributed by atoms with E-state index in [9.17, 15) is 16.8 Å². The highest BCUT2D eigenvalue weighted by Gasteiger charge is 2.15. The summed E-state index contributed by atoms with van der Waals surface area (Å²) in [6.45, 7) is 8.12. The smallest absolute Gasteiger partial charge is 0.212 e. The molecule has 1 aromatic rings. The van der Waals surface area contributed by atoms with Crippen LogP contribution in [0.2, 0.25) is 0 Å². The molecule has 0 aliphatic heterocycles. The predicted octanol–water partition coefficient (Wildman–Crippen LogP) is 4.27. The van der Waals surface area contributed by atoms with E-state index in [1.165, 1.54) is 12.1 Å². The normalized spacial score (nSPS) is 12.5. The first-order valence-corrected chi connectivity index (χ1v) is 11.5. The molecule has 0 bridgehead atoms. The number of benzene rings is 1. The Morgan fingerprint density at radius 1 is 0.955 bits per heavy atom. The topological polar surface area (TPSA) is 68.3 Å². The average molecular weight is 389 g/mol. The lowest BCUT2D eigenvalue weighted by molar-refractivity contribution is 0.588. The summed E-state index contributed by atoms with van der Waals surface area (Å²) in [7, 11) is 3.27. The van der Waals surface area contributed by atoms with E-state index >= 15 is 0 Å². The summed E-state index contributed by atoms with van der Waals surface area (Å²) >= 11 is 0. The Morgan fingerprint density at radius 3 is 1.64 bits per heavy atom. The Bertz CT molecular complexity index is 658. The SMILES string of the molecule is CC(C)(C)c1ccc(S(=O)(=O)Cl)cc1.CCCCS(=O)(=O)Cl. The molecule has 22 heavy (non-hydrogen) atoms. The molecule has 0 atom stereocenters. The van der Waals surface area contributed by atoms with Gasteiger partial charge in [0.2, 0.25) is 9.05 Å². The van der Waals surface area contributed by atoms with Crippen molar-refractivity contribution in [3.8, 4) is 0 Å². The number of halogens is 2. The largest absolute Gasteiger partial charge is 0.261 e. The average Bonchev–Trinajstić information content (AvgIpc) is 2.34. The monoisotopic (exact) mass is 388 g/mol. The zero-order valence-electron chi connectivity index (χ0n) is 13.1. The Hall–Kier alpha value is -0.300. The van der Waals surface area contributed by atoms with Gasteiger partial charge in [0.1, 0.15) is 0 Å². The highest BCUT2D eigenvalue weighted by molar-refractivity contribution is 8.14. The van der Waals surface area contributed by atoms with Gasteiger partial charge in [-0.1, -0.05) is 46.2 Å². The van der Waals surface area contributed by atoms with Crippen LogP contribution in [0.5, 0.6) is 0 Å². The fourth-order valence-electron chi connectivity index (χ4n) is 1.43. The molecule has 128 valence electrons. The Labute approximate surface area is 142 Å². The first kappa shape index (κ1) is 21.7. The predicted molar refractivity (Wildman–Crippen MR) is 92.7 cm³/mol. The minimum Gasteiger partial charge on any atom is -0.212 e. The van der Waals surface area contributed by atoms with Gasteiger partial charge in [-0.15, -0.1) is 0 Å². The van der Waals surface area contributed by atoms with Crippen LogP contribution in [0.25, 0.3) is 0 Å². The number of unbranched alkanes of at least 4 members (excludes halogenated alkanes) is 1. The second kappa shape index (κ2) is 8.52. The van der Waals surface area contributed by atoms with Crippen LogP contribution in [-0.2, 0) is 23.5 Å². The van der Waals surface area contributed by atoms with Crippen molar-refractivity contribution in [1.82, 2.24) is 0 Å². The quantitative estimate of drug-likeness (QED) is 0.722. The molecule has 0 saturated carbocycles. The number of hydrogen-bond acceptors (Lipinski definition) is 4. The summed E-state index contributed by atoms with van der Waals surface area (Å²) in [5.41, 5.74) is 1.11. The van der Waals surface area contributed by atoms with E-state index in [-0.39, 0.29) is 16.1 Å².